The number of hydrogen-bond acceptors (Lipinski definition) is 9. The zero-order valence-electron chi connectivity index (χ0n) is 22.7. The Hall–Kier alpha value is -2.49. The maximum absolute atomic E-state index is 13.7. The van der Waals surface area contributed by atoms with Gasteiger partial charge in [-0.2, -0.15) is 4.31 Å². The van der Waals surface area contributed by atoms with Crippen molar-refractivity contribution in [2.24, 2.45) is 5.41 Å². The van der Waals surface area contributed by atoms with Crippen molar-refractivity contribution in [3.05, 3.63) is 29.8 Å². The van der Waals surface area contributed by atoms with Gasteiger partial charge in [0.1, 0.15) is 23.9 Å². The highest BCUT2D eigenvalue weighted by atomic mass is 33.1. The number of nitrogens with zero attached hydrogens (tertiary/aromatic N) is 1. The highest BCUT2D eigenvalue weighted by molar-refractivity contribution is 8.76. The number of aromatic hydroxyl groups is 1. The van der Waals surface area contributed by atoms with Crippen molar-refractivity contribution in [2.45, 2.75) is 62.6 Å². The van der Waals surface area contributed by atoms with E-state index in [4.69, 9.17) is 0 Å². The predicted octanol–water partition coefficient (Wildman–Crippen LogP) is 1.03. The molecule has 3 fully saturated rings. The molecule has 0 aromatic heterocycles. The zero-order chi connectivity index (χ0) is 29.8. The Balaban J connectivity index is 1.54. The summed E-state index contributed by atoms with van der Waals surface area (Å²) < 4.78 is 26.3. The van der Waals surface area contributed by atoms with E-state index in [1.807, 2.05) is 0 Å². The highest BCUT2D eigenvalue weighted by Crippen LogP contribution is 2.41. The fraction of sp³-hybridized carbons (Fsp3) is 0.615. The zero-order valence-corrected chi connectivity index (χ0v) is 25.2. The van der Waals surface area contributed by atoms with Gasteiger partial charge in [0, 0.05) is 30.5 Å². The van der Waals surface area contributed by atoms with Crippen LogP contribution in [0.2, 0.25) is 0 Å². The number of carboxylic acids is 1. The number of carboxylic acid groups (broad SMARTS) is 1. The van der Waals surface area contributed by atoms with Crippen molar-refractivity contribution in [2.75, 3.05) is 30.9 Å². The van der Waals surface area contributed by atoms with E-state index in [1.165, 1.54) is 33.7 Å². The molecule has 2 heterocycles. The minimum atomic E-state index is -3.75. The van der Waals surface area contributed by atoms with Crippen LogP contribution in [0.5, 0.6) is 5.75 Å². The molecule has 1 aromatic carbocycles. The van der Waals surface area contributed by atoms with Crippen LogP contribution in [0, 0.1) is 5.41 Å². The predicted molar refractivity (Wildman–Crippen MR) is 156 cm³/mol. The van der Waals surface area contributed by atoms with Crippen LogP contribution in [0.4, 0.5) is 0 Å². The number of sulfonamides is 1. The molecule has 3 amide bonds. The van der Waals surface area contributed by atoms with E-state index in [-0.39, 0.29) is 36.3 Å². The molecule has 5 N–H and O–H groups in total. The largest absolute Gasteiger partial charge is 0.508 e. The first kappa shape index (κ1) is 31.4. The number of nitrogens with one attached hydrogen (secondary N) is 3. The standard InChI is InChI=1S/C26H36N4O8S3/c1-41(37,38)30-13-8-18(16-4-6-17(31)7-5-16)21(30)23(33)28-19-14-39-40-15-20(24(34)35)29-25(36)26(9-2-3-10-26)11-12-27-22(19)32/h4-7,18-21,31H,2-3,8-15H2,1H3,(H,27,32)(H,28,33)(H,29,36)(H,34,35)/t18-,19+,20+,21+/m1/s1. The second-order valence-corrected chi connectivity index (χ2v) is 15.3. The number of phenols is 1. The summed E-state index contributed by atoms with van der Waals surface area (Å²) in [5.74, 6) is -2.80. The monoisotopic (exact) mass is 628 g/mol. The van der Waals surface area contributed by atoms with Gasteiger partial charge in [-0.05, 0) is 43.4 Å². The lowest BCUT2D eigenvalue weighted by molar-refractivity contribution is -0.143. The van der Waals surface area contributed by atoms with E-state index in [2.05, 4.69) is 16.0 Å². The lowest BCUT2D eigenvalue weighted by Gasteiger charge is -2.29. The van der Waals surface area contributed by atoms with Gasteiger partial charge in [-0.15, -0.1) is 0 Å². The number of benzene rings is 1. The lowest BCUT2D eigenvalue weighted by Crippen LogP contribution is -2.55. The Kier molecular flexibility index (Phi) is 10.1. The molecule has 3 aliphatic rings. The van der Waals surface area contributed by atoms with Gasteiger partial charge in [0.05, 0.1) is 11.7 Å². The molecule has 2 saturated heterocycles. The third-order valence-corrected chi connectivity index (χ3v) is 11.8. The molecule has 4 atom stereocenters. The maximum Gasteiger partial charge on any atom is 0.327 e. The summed E-state index contributed by atoms with van der Waals surface area (Å²) in [6.07, 6.45) is 4.64. The summed E-state index contributed by atoms with van der Waals surface area (Å²) in [6, 6.07) is 3.05. The Labute approximate surface area is 247 Å². The Bertz CT molecular complexity index is 1250. The molecule has 4 rings (SSSR count). The summed E-state index contributed by atoms with van der Waals surface area (Å²) in [4.78, 5) is 52.0. The smallest absolute Gasteiger partial charge is 0.327 e. The maximum atomic E-state index is 13.7. The van der Waals surface area contributed by atoms with Gasteiger partial charge in [0.25, 0.3) is 0 Å². The fourth-order valence-electron chi connectivity index (χ4n) is 5.87. The number of amides is 3. The van der Waals surface area contributed by atoms with Gasteiger partial charge in [-0.1, -0.05) is 46.6 Å². The molecular formula is C26H36N4O8S3. The summed E-state index contributed by atoms with van der Waals surface area (Å²) in [7, 11) is -1.39. The molecule has 1 saturated carbocycles. The van der Waals surface area contributed by atoms with E-state index in [1.54, 1.807) is 12.1 Å². The molecule has 12 nitrogen and oxygen atoms in total. The minimum Gasteiger partial charge on any atom is -0.508 e. The molecule has 226 valence electrons. The molecule has 2 aliphatic heterocycles. The second kappa shape index (κ2) is 13.2. The summed E-state index contributed by atoms with van der Waals surface area (Å²) in [6.45, 7) is 0.298. The van der Waals surface area contributed by atoms with Gasteiger partial charge in [-0.25, -0.2) is 13.2 Å². The first-order valence-corrected chi connectivity index (χ1v) is 17.9. The van der Waals surface area contributed by atoms with E-state index < -0.39 is 57.3 Å². The van der Waals surface area contributed by atoms with Crippen molar-refractivity contribution >= 4 is 55.3 Å². The molecule has 1 aliphatic carbocycles. The van der Waals surface area contributed by atoms with Crippen molar-refractivity contribution in [3.63, 3.8) is 0 Å². The van der Waals surface area contributed by atoms with Gasteiger partial charge in [0.2, 0.25) is 27.7 Å². The highest BCUT2D eigenvalue weighted by Gasteiger charge is 2.46. The third-order valence-electron chi connectivity index (χ3n) is 8.10. The van der Waals surface area contributed by atoms with Crippen LogP contribution >= 0.6 is 21.6 Å². The molecule has 15 heteroatoms. The Morgan fingerprint density at radius 3 is 2.37 bits per heavy atom. The summed E-state index contributed by atoms with van der Waals surface area (Å²) >= 11 is 0. The number of phenolic OH excluding ortho intramolecular Hbond substituents is 1. The Morgan fingerprint density at radius 2 is 1.73 bits per heavy atom. The minimum absolute atomic E-state index is 0.0457. The van der Waals surface area contributed by atoms with Crippen molar-refractivity contribution in [1.29, 1.82) is 0 Å². The quantitative estimate of drug-likeness (QED) is 0.295. The number of aliphatic carboxylic acids is 1. The van der Waals surface area contributed by atoms with Crippen LogP contribution in [0.25, 0.3) is 0 Å². The normalized spacial score (nSPS) is 28.1. The lowest BCUT2D eigenvalue weighted by atomic mass is 9.81. The van der Waals surface area contributed by atoms with Gasteiger partial charge in [-0.3, -0.25) is 14.4 Å². The SMILES string of the molecule is CS(=O)(=O)N1CC[C@H](c2ccc(O)cc2)[C@H]1C(=O)N[C@H]1CSSC[C@@H](C(=O)O)NC(=O)C2(CCCC2)CCNC1=O. The first-order valence-electron chi connectivity index (χ1n) is 13.5. The van der Waals surface area contributed by atoms with Gasteiger partial charge >= 0.3 is 5.97 Å². The third kappa shape index (κ3) is 7.48. The number of carbonyl (C=O) groups is 4. The topological polar surface area (TPSA) is 182 Å². The number of carbonyl (C=O) groups excluding carboxylic acids is 3. The fourth-order valence-corrected chi connectivity index (χ4v) is 9.28. The molecular weight excluding hydrogens is 593 g/mol. The summed E-state index contributed by atoms with van der Waals surface area (Å²) in [5.41, 5.74) is -0.0693. The van der Waals surface area contributed by atoms with E-state index in [0.29, 0.717) is 31.2 Å². The second-order valence-electron chi connectivity index (χ2n) is 10.8. The van der Waals surface area contributed by atoms with Crippen LogP contribution < -0.4 is 16.0 Å². The van der Waals surface area contributed by atoms with Crippen LogP contribution in [-0.4, -0.2) is 95.6 Å². The van der Waals surface area contributed by atoms with Crippen molar-refractivity contribution in [1.82, 2.24) is 20.3 Å². The van der Waals surface area contributed by atoms with Crippen LogP contribution in [0.1, 0.15) is 50.0 Å². The molecule has 1 aromatic rings. The molecule has 1 spiro atoms. The van der Waals surface area contributed by atoms with E-state index in [9.17, 15) is 37.8 Å². The van der Waals surface area contributed by atoms with Crippen molar-refractivity contribution < 1.29 is 37.8 Å². The van der Waals surface area contributed by atoms with Crippen LogP contribution in [-0.2, 0) is 29.2 Å². The van der Waals surface area contributed by atoms with E-state index >= 15 is 0 Å². The van der Waals surface area contributed by atoms with E-state index in [0.717, 1.165) is 23.4 Å². The number of rotatable bonds is 5. The molecule has 0 radical (unpaired) electrons. The summed E-state index contributed by atoms with van der Waals surface area (Å²) in [5, 5.41) is 27.6. The average molecular weight is 629 g/mol. The average Bonchev–Trinajstić information content (AvgIpc) is 3.58. The molecule has 0 unspecified atom stereocenters. The van der Waals surface area contributed by atoms with Gasteiger partial charge < -0.3 is 26.2 Å². The first-order chi connectivity index (χ1) is 19.4. The van der Waals surface area contributed by atoms with Gasteiger partial charge in [0.15, 0.2) is 0 Å². The van der Waals surface area contributed by atoms with Crippen LogP contribution in [0.3, 0.4) is 0 Å². The Morgan fingerprint density at radius 1 is 1.07 bits per heavy atom. The van der Waals surface area contributed by atoms with Crippen molar-refractivity contribution in [3.8, 4) is 5.75 Å². The number of hydrogen-bond donors (Lipinski definition) is 5. The van der Waals surface area contributed by atoms with Crippen LogP contribution in [0.15, 0.2) is 24.3 Å². The molecule has 0 bridgehead atoms. The molecule has 41 heavy (non-hydrogen) atoms.